The minimum Gasteiger partial charge on any atom is -0.464 e. The predicted molar refractivity (Wildman–Crippen MR) is 115 cm³/mol. The maximum Gasteiger partial charge on any atom is 0.254 e. The van der Waals surface area contributed by atoms with Crippen molar-refractivity contribution in [2.75, 3.05) is 0 Å². The predicted octanol–water partition coefficient (Wildman–Crippen LogP) is 6.10. The van der Waals surface area contributed by atoms with Gasteiger partial charge in [-0.25, -0.2) is 0 Å². The third-order valence-electron chi connectivity index (χ3n) is 4.89. The normalized spacial score (nSPS) is 10.7. The minimum absolute atomic E-state index is 0.0116. The fourth-order valence-corrected chi connectivity index (χ4v) is 3.38. The van der Waals surface area contributed by atoms with Gasteiger partial charge in [-0.1, -0.05) is 72.8 Å². The van der Waals surface area contributed by atoms with Crippen molar-refractivity contribution in [3.63, 3.8) is 0 Å². The molecule has 1 aromatic heterocycles. The van der Waals surface area contributed by atoms with Crippen LogP contribution in [0.3, 0.4) is 0 Å². The van der Waals surface area contributed by atoms with Gasteiger partial charge in [-0.3, -0.25) is 4.79 Å². The molecule has 0 fully saturated rings. The Hall–Kier alpha value is -3.59. The summed E-state index contributed by atoms with van der Waals surface area (Å²) in [7, 11) is 0. The Bertz CT molecular complexity index is 1070. The summed E-state index contributed by atoms with van der Waals surface area (Å²) in [4.78, 5) is 15.1. The molecule has 0 saturated carbocycles. The first kappa shape index (κ1) is 18.8. The van der Waals surface area contributed by atoms with E-state index in [1.165, 1.54) is 0 Å². The maximum atomic E-state index is 13.3. The van der Waals surface area contributed by atoms with E-state index in [0.717, 1.165) is 28.2 Å². The van der Waals surface area contributed by atoms with Crippen LogP contribution in [-0.4, -0.2) is 10.8 Å². The Morgan fingerprint density at radius 1 is 0.724 bits per heavy atom. The van der Waals surface area contributed by atoms with E-state index in [2.05, 4.69) is 12.1 Å². The van der Waals surface area contributed by atoms with Crippen LogP contribution in [0.25, 0.3) is 11.1 Å². The van der Waals surface area contributed by atoms with Crippen molar-refractivity contribution in [1.82, 2.24) is 4.90 Å². The van der Waals surface area contributed by atoms with Crippen LogP contribution in [0.5, 0.6) is 0 Å². The number of carbonyl (C=O) groups excluding carboxylic acids is 1. The summed E-state index contributed by atoms with van der Waals surface area (Å²) in [6.07, 6.45) is 0. The molecule has 1 heterocycles. The van der Waals surface area contributed by atoms with Gasteiger partial charge in [-0.15, -0.1) is 0 Å². The first-order chi connectivity index (χ1) is 14.2. The van der Waals surface area contributed by atoms with Gasteiger partial charge in [0.1, 0.15) is 11.5 Å². The molecule has 0 aliphatic carbocycles. The molecule has 4 aromatic rings. The summed E-state index contributed by atoms with van der Waals surface area (Å²) in [5.41, 5.74) is 3.99. The highest BCUT2D eigenvalue weighted by Crippen LogP contribution is 2.21. The second-order valence-electron chi connectivity index (χ2n) is 7.10. The second kappa shape index (κ2) is 8.61. The second-order valence-corrected chi connectivity index (χ2v) is 7.10. The van der Waals surface area contributed by atoms with Gasteiger partial charge in [0, 0.05) is 12.1 Å². The molecule has 0 radical (unpaired) electrons. The fourth-order valence-electron chi connectivity index (χ4n) is 3.38. The summed E-state index contributed by atoms with van der Waals surface area (Å²) in [6, 6.07) is 31.8. The van der Waals surface area contributed by atoms with Crippen molar-refractivity contribution >= 4 is 5.91 Å². The molecule has 0 aliphatic heterocycles. The van der Waals surface area contributed by atoms with Gasteiger partial charge in [0.15, 0.2) is 0 Å². The number of aryl methyl sites for hydroxylation is 1. The third-order valence-corrected chi connectivity index (χ3v) is 4.89. The van der Waals surface area contributed by atoms with Crippen molar-refractivity contribution < 1.29 is 9.21 Å². The van der Waals surface area contributed by atoms with Crippen molar-refractivity contribution in [2.24, 2.45) is 0 Å². The smallest absolute Gasteiger partial charge is 0.254 e. The van der Waals surface area contributed by atoms with E-state index in [1.54, 1.807) is 0 Å². The lowest BCUT2D eigenvalue weighted by Crippen LogP contribution is -2.30. The summed E-state index contributed by atoms with van der Waals surface area (Å²) in [6.45, 7) is 2.87. The minimum atomic E-state index is -0.0116. The lowest BCUT2D eigenvalue weighted by atomic mass is 10.0. The van der Waals surface area contributed by atoms with Crippen LogP contribution in [0.1, 0.15) is 27.4 Å². The number of amides is 1. The number of hydrogen-bond donors (Lipinski definition) is 0. The zero-order valence-electron chi connectivity index (χ0n) is 16.4. The quantitative estimate of drug-likeness (QED) is 0.404. The first-order valence-electron chi connectivity index (χ1n) is 9.73. The number of carbonyl (C=O) groups is 1. The molecule has 0 spiro atoms. The lowest BCUT2D eigenvalue weighted by Gasteiger charge is -2.22. The maximum absolute atomic E-state index is 13.3. The van der Waals surface area contributed by atoms with Crippen LogP contribution >= 0.6 is 0 Å². The van der Waals surface area contributed by atoms with E-state index in [0.29, 0.717) is 18.7 Å². The van der Waals surface area contributed by atoms with Gasteiger partial charge in [0.05, 0.1) is 6.54 Å². The number of benzene rings is 3. The van der Waals surface area contributed by atoms with Crippen molar-refractivity contribution in [3.05, 3.63) is 120 Å². The molecule has 0 saturated heterocycles. The number of hydrogen-bond acceptors (Lipinski definition) is 2. The molecule has 0 atom stereocenters. The van der Waals surface area contributed by atoms with Gasteiger partial charge < -0.3 is 9.32 Å². The summed E-state index contributed by atoms with van der Waals surface area (Å²) in [5, 5.41) is 0. The van der Waals surface area contributed by atoms with Crippen LogP contribution in [-0.2, 0) is 13.1 Å². The van der Waals surface area contributed by atoms with Gasteiger partial charge in [0.2, 0.25) is 0 Å². The highest BCUT2D eigenvalue weighted by Gasteiger charge is 2.18. The molecule has 1 amide bonds. The van der Waals surface area contributed by atoms with E-state index in [4.69, 9.17) is 4.42 Å². The van der Waals surface area contributed by atoms with Gasteiger partial charge in [-0.2, -0.15) is 0 Å². The number of nitrogens with zero attached hydrogens (tertiary/aromatic N) is 1. The molecule has 29 heavy (non-hydrogen) atoms. The van der Waals surface area contributed by atoms with Crippen LogP contribution in [0, 0.1) is 6.92 Å². The van der Waals surface area contributed by atoms with E-state index < -0.39 is 0 Å². The molecule has 144 valence electrons. The molecule has 4 rings (SSSR count). The Kier molecular flexibility index (Phi) is 5.57. The molecule has 0 N–H and O–H groups in total. The SMILES string of the molecule is Cc1ccc(CN(Cc2ccccc2)C(=O)c2ccc(-c3ccccc3)cc2)o1. The van der Waals surface area contributed by atoms with E-state index in [-0.39, 0.29) is 5.91 Å². The zero-order chi connectivity index (χ0) is 20.1. The topological polar surface area (TPSA) is 33.5 Å². The monoisotopic (exact) mass is 381 g/mol. The van der Waals surface area contributed by atoms with E-state index in [9.17, 15) is 4.79 Å². The highest BCUT2D eigenvalue weighted by molar-refractivity contribution is 5.94. The fraction of sp³-hybridized carbons (Fsp3) is 0.115. The average molecular weight is 381 g/mol. The summed E-state index contributed by atoms with van der Waals surface area (Å²) in [5.74, 6) is 1.62. The Morgan fingerprint density at radius 3 is 1.97 bits per heavy atom. The van der Waals surface area contributed by atoms with E-state index >= 15 is 0 Å². The Morgan fingerprint density at radius 2 is 1.34 bits per heavy atom. The van der Waals surface area contributed by atoms with Crippen molar-refractivity contribution in [1.29, 1.82) is 0 Å². The summed E-state index contributed by atoms with van der Waals surface area (Å²) < 4.78 is 5.72. The molecule has 3 heteroatoms. The lowest BCUT2D eigenvalue weighted by molar-refractivity contribution is 0.0717. The van der Waals surface area contributed by atoms with E-state index in [1.807, 2.05) is 96.8 Å². The molecule has 0 bridgehead atoms. The molecule has 0 unspecified atom stereocenters. The molecule has 3 nitrogen and oxygen atoms in total. The molecule has 3 aromatic carbocycles. The van der Waals surface area contributed by atoms with Crippen LogP contribution < -0.4 is 0 Å². The van der Waals surface area contributed by atoms with Gasteiger partial charge >= 0.3 is 0 Å². The van der Waals surface area contributed by atoms with Crippen LogP contribution in [0.15, 0.2) is 101 Å². The van der Waals surface area contributed by atoms with Gasteiger partial charge in [0.25, 0.3) is 5.91 Å². The number of furan rings is 1. The first-order valence-corrected chi connectivity index (χ1v) is 9.73. The average Bonchev–Trinajstić information content (AvgIpc) is 3.19. The molecular formula is C26H23NO2. The Labute approximate surface area is 171 Å². The van der Waals surface area contributed by atoms with Crippen LogP contribution in [0.4, 0.5) is 0 Å². The molecule has 0 aliphatic rings. The van der Waals surface area contributed by atoms with Crippen molar-refractivity contribution in [2.45, 2.75) is 20.0 Å². The van der Waals surface area contributed by atoms with Crippen molar-refractivity contribution in [3.8, 4) is 11.1 Å². The Balaban J connectivity index is 1.58. The summed E-state index contributed by atoms with van der Waals surface area (Å²) >= 11 is 0. The standard InChI is InChI=1S/C26H23NO2/c1-20-12-17-25(29-20)19-27(18-21-8-4-2-5-9-21)26(28)24-15-13-23(14-16-24)22-10-6-3-7-11-22/h2-17H,18-19H2,1H3. The van der Waals surface area contributed by atoms with Crippen LogP contribution in [0.2, 0.25) is 0 Å². The highest BCUT2D eigenvalue weighted by atomic mass is 16.3. The third kappa shape index (κ3) is 4.64. The zero-order valence-corrected chi connectivity index (χ0v) is 16.4. The number of rotatable bonds is 6. The van der Waals surface area contributed by atoms with Gasteiger partial charge in [-0.05, 0) is 47.9 Å². The largest absolute Gasteiger partial charge is 0.464 e. The molecular weight excluding hydrogens is 358 g/mol.